The van der Waals surface area contributed by atoms with E-state index in [1.165, 1.54) is 11.1 Å². The first-order chi connectivity index (χ1) is 15.2. The van der Waals surface area contributed by atoms with Crippen molar-refractivity contribution in [3.8, 4) is 17.2 Å². The topological polar surface area (TPSA) is 68.2 Å². The summed E-state index contributed by atoms with van der Waals surface area (Å²) in [5.41, 5.74) is 4.55. The van der Waals surface area contributed by atoms with Crippen molar-refractivity contribution >= 4 is 5.91 Å². The largest absolute Gasteiger partial charge is 0.508 e. The number of carbonyl (C=O) groups is 1. The number of rotatable bonds is 1. The van der Waals surface area contributed by atoms with Crippen molar-refractivity contribution in [2.75, 3.05) is 33.1 Å². The van der Waals surface area contributed by atoms with Crippen LogP contribution in [0, 0.1) is 5.92 Å². The highest BCUT2D eigenvalue weighted by atomic mass is 16.7. The number of hydrogen-bond acceptors (Lipinski definition) is 5. The summed E-state index contributed by atoms with van der Waals surface area (Å²) in [7, 11) is 0. The summed E-state index contributed by atoms with van der Waals surface area (Å²) < 4.78 is 16.7. The van der Waals surface area contributed by atoms with Crippen LogP contribution in [0.15, 0.2) is 30.3 Å². The van der Waals surface area contributed by atoms with Gasteiger partial charge in [0.1, 0.15) is 5.75 Å². The van der Waals surface area contributed by atoms with Crippen molar-refractivity contribution < 1.29 is 24.1 Å². The van der Waals surface area contributed by atoms with Gasteiger partial charge in [0, 0.05) is 19.7 Å². The number of phenols is 1. The monoisotopic (exact) mass is 423 g/mol. The maximum Gasteiger partial charge on any atom is 0.231 e. The Morgan fingerprint density at radius 1 is 0.935 bits per heavy atom. The smallest absolute Gasteiger partial charge is 0.231 e. The van der Waals surface area contributed by atoms with Gasteiger partial charge in [-0.1, -0.05) is 12.1 Å². The highest BCUT2D eigenvalue weighted by Crippen LogP contribution is 2.36. The first-order valence-electron chi connectivity index (χ1n) is 11.3. The number of fused-ring (bicyclic) bond motifs is 4. The number of nitrogens with zero attached hydrogens (tertiary/aromatic N) is 1. The molecule has 0 radical (unpaired) electrons. The summed E-state index contributed by atoms with van der Waals surface area (Å²) in [6.07, 6.45) is 4.95. The summed E-state index contributed by atoms with van der Waals surface area (Å²) in [5.74, 6) is 2.10. The highest BCUT2D eigenvalue weighted by molar-refractivity contribution is 5.79. The maximum absolute atomic E-state index is 13.1. The molecule has 1 saturated heterocycles. The lowest BCUT2D eigenvalue weighted by Crippen LogP contribution is -2.38. The lowest BCUT2D eigenvalue weighted by atomic mass is 9.95. The van der Waals surface area contributed by atoms with E-state index in [0.29, 0.717) is 25.5 Å². The van der Waals surface area contributed by atoms with E-state index in [1.807, 2.05) is 11.0 Å². The Kier molecular flexibility index (Phi) is 5.72. The minimum Gasteiger partial charge on any atom is -0.508 e. The van der Waals surface area contributed by atoms with Crippen LogP contribution in [-0.2, 0) is 35.2 Å². The summed E-state index contributed by atoms with van der Waals surface area (Å²) in [6.45, 7) is 2.88. The van der Waals surface area contributed by atoms with Crippen molar-refractivity contribution in [3.05, 3.63) is 52.6 Å². The predicted molar refractivity (Wildman–Crippen MR) is 116 cm³/mol. The van der Waals surface area contributed by atoms with Gasteiger partial charge in [-0.05, 0) is 79.0 Å². The maximum atomic E-state index is 13.1. The van der Waals surface area contributed by atoms with Gasteiger partial charge in [0.2, 0.25) is 12.7 Å². The number of phenolic OH excluding ortho intramolecular Hbond substituents is 1. The van der Waals surface area contributed by atoms with Gasteiger partial charge < -0.3 is 24.2 Å². The van der Waals surface area contributed by atoms with Crippen LogP contribution in [0.5, 0.6) is 17.2 Å². The zero-order valence-corrected chi connectivity index (χ0v) is 17.8. The van der Waals surface area contributed by atoms with Crippen LogP contribution in [0.25, 0.3) is 0 Å². The summed E-state index contributed by atoms with van der Waals surface area (Å²) in [6, 6.07) is 10.00. The Bertz CT molecular complexity index is 967. The number of aryl methyl sites for hydroxylation is 3. The van der Waals surface area contributed by atoms with Gasteiger partial charge in [-0.3, -0.25) is 4.79 Å². The first-order valence-corrected chi connectivity index (χ1v) is 11.3. The van der Waals surface area contributed by atoms with Gasteiger partial charge in [0.05, 0.1) is 12.5 Å². The van der Waals surface area contributed by atoms with Crippen molar-refractivity contribution in [1.29, 1.82) is 0 Å². The molecule has 6 nitrogen and oxygen atoms in total. The van der Waals surface area contributed by atoms with Crippen LogP contribution in [0.2, 0.25) is 0 Å². The normalized spacial score (nSPS) is 21.0. The Balaban J connectivity index is 1.44. The molecule has 1 fully saturated rings. The van der Waals surface area contributed by atoms with Crippen molar-refractivity contribution in [1.82, 2.24) is 4.90 Å². The Hall–Kier alpha value is -2.73. The van der Waals surface area contributed by atoms with Gasteiger partial charge in [-0.2, -0.15) is 0 Å². The fourth-order valence-corrected chi connectivity index (χ4v) is 4.80. The van der Waals surface area contributed by atoms with Gasteiger partial charge in [-0.15, -0.1) is 0 Å². The summed E-state index contributed by atoms with van der Waals surface area (Å²) in [4.78, 5) is 15.1. The standard InChI is InChI=1S/C25H29NO5/c27-22-6-3-17-7-10-26(25(28)21-8-11-29-15-21)9-1-2-18-13-23-24(31-16-30-23)14-19(18)4-5-20(22)12-17/h3,6,12-14,21,27H,1-2,4-5,7-11,15-16H2. The number of aromatic hydroxyl groups is 1. The van der Waals surface area contributed by atoms with E-state index in [4.69, 9.17) is 14.2 Å². The Morgan fingerprint density at radius 2 is 1.71 bits per heavy atom. The second kappa shape index (κ2) is 8.79. The van der Waals surface area contributed by atoms with Gasteiger partial charge in [0.25, 0.3) is 0 Å². The fourth-order valence-electron chi connectivity index (χ4n) is 4.80. The number of hydrogen-bond donors (Lipinski definition) is 1. The molecule has 5 rings (SSSR count). The molecule has 1 atom stereocenters. The molecule has 3 aliphatic rings. The second-order valence-electron chi connectivity index (χ2n) is 8.68. The quantitative estimate of drug-likeness (QED) is 0.763. The van der Waals surface area contributed by atoms with Gasteiger partial charge in [0.15, 0.2) is 11.5 Å². The number of amides is 1. The van der Waals surface area contributed by atoms with E-state index in [-0.39, 0.29) is 18.6 Å². The van der Waals surface area contributed by atoms with E-state index < -0.39 is 0 Å². The minimum absolute atomic E-state index is 0.0211. The molecule has 0 aromatic heterocycles. The molecule has 0 aliphatic carbocycles. The van der Waals surface area contributed by atoms with E-state index in [0.717, 1.165) is 67.7 Å². The molecule has 0 saturated carbocycles. The summed E-state index contributed by atoms with van der Waals surface area (Å²) >= 11 is 0. The minimum atomic E-state index is -0.0211. The van der Waals surface area contributed by atoms with Gasteiger partial charge >= 0.3 is 0 Å². The average molecular weight is 424 g/mol. The molecule has 2 aromatic rings. The molecule has 6 heteroatoms. The third-order valence-electron chi connectivity index (χ3n) is 6.64. The molecule has 1 N–H and O–H groups in total. The molecule has 31 heavy (non-hydrogen) atoms. The van der Waals surface area contributed by atoms with E-state index >= 15 is 0 Å². The third kappa shape index (κ3) is 4.35. The van der Waals surface area contributed by atoms with Crippen molar-refractivity contribution in [2.24, 2.45) is 5.92 Å². The predicted octanol–water partition coefficient (Wildman–Crippen LogP) is 3.26. The molecular weight excluding hydrogens is 394 g/mol. The molecule has 1 unspecified atom stereocenters. The van der Waals surface area contributed by atoms with Crippen LogP contribution in [-0.4, -0.2) is 49.0 Å². The van der Waals surface area contributed by atoms with Crippen LogP contribution < -0.4 is 9.47 Å². The average Bonchev–Trinajstić information content (AvgIpc) is 3.46. The lowest BCUT2D eigenvalue weighted by molar-refractivity contribution is -0.135. The van der Waals surface area contributed by atoms with E-state index in [1.54, 1.807) is 6.07 Å². The third-order valence-corrected chi connectivity index (χ3v) is 6.64. The van der Waals surface area contributed by atoms with Crippen molar-refractivity contribution in [3.63, 3.8) is 0 Å². The van der Waals surface area contributed by atoms with Gasteiger partial charge in [-0.25, -0.2) is 0 Å². The number of ether oxygens (including phenoxy) is 3. The molecule has 0 spiro atoms. The molecule has 3 heterocycles. The van der Waals surface area contributed by atoms with Crippen molar-refractivity contribution in [2.45, 2.75) is 38.5 Å². The highest BCUT2D eigenvalue weighted by Gasteiger charge is 2.28. The molecule has 1 amide bonds. The van der Waals surface area contributed by atoms with E-state index in [9.17, 15) is 9.90 Å². The number of benzene rings is 2. The zero-order chi connectivity index (χ0) is 21.2. The lowest BCUT2D eigenvalue weighted by Gasteiger charge is -2.25. The molecule has 2 bridgehead atoms. The Labute approximate surface area is 182 Å². The first kappa shape index (κ1) is 20.2. The molecule has 3 aliphatic heterocycles. The summed E-state index contributed by atoms with van der Waals surface area (Å²) in [5, 5.41) is 10.4. The van der Waals surface area contributed by atoms with Crippen LogP contribution >= 0.6 is 0 Å². The Morgan fingerprint density at radius 3 is 2.48 bits per heavy atom. The molecule has 164 valence electrons. The second-order valence-corrected chi connectivity index (χ2v) is 8.68. The molecular formula is C25H29NO5. The molecule has 2 aromatic carbocycles. The van der Waals surface area contributed by atoms with E-state index in [2.05, 4.69) is 18.2 Å². The number of carbonyl (C=O) groups excluding carboxylic acids is 1. The SMILES string of the molecule is O=C(C1CCOC1)N1CCCc2cc3c(cc2CCc2cc(ccc2O)CC1)OCO3. The fraction of sp³-hybridized carbons (Fsp3) is 0.480. The van der Waals surface area contributed by atoms with Crippen LogP contribution in [0.1, 0.15) is 35.1 Å². The zero-order valence-electron chi connectivity index (χ0n) is 17.8. The van der Waals surface area contributed by atoms with Crippen LogP contribution in [0.3, 0.4) is 0 Å². The van der Waals surface area contributed by atoms with Crippen LogP contribution in [0.4, 0.5) is 0 Å².